The molecular weight excluding hydrogens is 404 g/mol. The fourth-order valence-corrected chi connectivity index (χ4v) is 4.02. The van der Waals surface area contributed by atoms with Crippen LogP contribution in [0.25, 0.3) is 10.9 Å². The van der Waals surface area contributed by atoms with Crippen LogP contribution < -0.4 is 22.1 Å². The third kappa shape index (κ3) is 5.11. The number of benzene rings is 1. The lowest BCUT2D eigenvalue weighted by molar-refractivity contribution is 0.0941. The first-order chi connectivity index (χ1) is 15.5. The lowest BCUT2D eigenvalue weighted by Gasteiger charge is -2.30. The average molecular weight is 433 g/mol. The van der Waals surface area contributed by atoms with Crippen LogP contribution in [0.15, 0.2) is 47.7 Å². The largest absolute Gasteiger partial charge is 0.370 e. The molecule has 2 aromatic heterocycles. The molecule has 9 heteroatoms. The average Bonchev–Trinajstić information content (AvgIpc) is 2.79. The van der Waals surface area contributed by atoms with Gasteiger partial charge in [0.1, 0.15) is 5.82 Å². The molecule has 32 heavy (non-hydrogen) atoms. The van der Waals surface area contributed by atoms with Crippen LogP contribution in [0.3, 0.4) is 0 Å². The Hall–Kier alpha value is -3.75. The molecule has 0 bridgehead atoms. The van der Waals surface area contributed by atoms with E-state index in [1.165, 1.54) is 0 Å². The van der Waals surface area contributed by atoms with E-state index in [4.69, 9.17) is 11.5 Å². The molecule has 0 saturated heterocycles. The molecule has 6 N–H and O–H groups in total. The van der Waals surface area contributed by atoms with Gasteiger partial charge in [0, 0.05) is 24.3 Å². The number of rotatable bonds is 6. The summed E-state index contributed by atoms with van der Waals surface area (Å²) in [4.78, 5) is 30.4. The first-order valence-corrected chi connectivity index (χ1v) is 10.8. The Morgan fingerprint density at radius 1 is 1.19 bits per heavy atom. The van der Waals surface area contributed by atoms with Crippen molar-refractivity contribution in [2.75, 3.05) is 5.32 Å². The minimum atomic E-state index is -0.344. The number of carbonyl (C=O) groups is 1. The molecule has 1 aliphatic carbocycles. The van der Waals surface area contributed by atoms with E-state index in [0.29, 0.717) is 17.9 Å². The topological polar surface area (TPSA) is 144 Å². The summed E-state index contributed by atoms with van der Waals surface area (Å²) in [5.41, 5.74) is 14.0. The van der Waals surface area contributed by atoms with Crippen LogP contribution in [0.5, 0.6) is 0 Å². The molecule has 0 radical (unpaired) electrons. The van der Waals surface area contributed by atoms with Crippen molar-refractivity contribution in [1.29, 1.82) is 0 Å². The van der Waals surface area contributed by atoms with Gasteiger partial charge in [-0.15, -0.1) is 0 Å². The summed E-state index contributed by atoms with van der Waals surface area (Å²) in [5.74, 6) is 0.473. The van der Waals surface area contributed by atoms with E-state index in [-0.39, 0.29) is 29.8 Å². The maximum atomic E-state index is 12.8. The minimum Gasteiger partial charge on any atom is -0.370 e. The van der Waals surface area contributed by atoms with E-state index >= 15 is 0 Å². The number of hydrogen-bond donors (Lipinski definition) is 4. The molecule has 1 amide bonds. The summed E-state index contributed by atoms with van der Waals surface area (Å²) in [6, 6.07) is 9.62. The second-order valence-corrected chi connectivity index (χ2v) is 8.12. The van der Waals surface area contributed by atoms with Crippen molar-refractivity contribution in [1.82, 2.24) is 20.3 Å². The summed E-state index contributed by atoms with van der Waals surface area (Å²) in [5, 5.41) is 7.25. The van der Waals surface area contributed by atoms with Crippen molar-refractivity contribution >= 4 is 28.6 Å². The number of pyridine rings is 1. The van der Waals surface area contributed by atoms with Gasteiger partial charge in [0.25, 0.3) is 5.91 Å². The maximum absolute atomic E-state index is 12.8. The Morgan fingerprint density at radius 2 is 2.03 bits per heavy atom. The van der Waals surface area contributed by atoms with E-state index in [1.54, 1.807) is 12.4 Å². The number of amides is 1. The van der Waals surface area contributed by atoms with E-state index in [2.05, 4.69) is 30.6 Å². The fraction of sp³-hybridized carbons (Fsp3) is 0.348. The van der Waals surface area contributed by atoms with Gasteiger partial charge in [-0.05, 0) is 43.5 Å². The van der Waals surface area contributed by atoms with E-state index in [0.717, 1.165) is 42.2 Å². The number of carbonyl (C=O) groups excluding carboxylic acids is 1. The van der Waals surface area contributed by atoms with Crippen LogP contribution in [0, 0.1) is 6.92 Å². The van der Waals surface area contributed by atoms with Gasteiger partial charge in [0.2, 0.25) is 5.82 Å². The molecule has 0 spiro atoms. The lowest BCUT2D eigenvalue weighted by atomic mass is 9.90. The van der Waals surface area contributed by atoms with Gasteiger partial charge in [-0.2, -0.15) is 0 Å². The van der Waals surface area contributed by atoms with Crippen LogP contribution in [0.1, 0.15) is 47.4 Å². The van der Waals surface area contributed by atoms with Crippen molar-refractivity contribution in [3.05, 3.63) is 59.7 Å². The second-order valence-electron chi connectivity index (χ2n) is 8.12. The van der Waals surface area contributed by atoms with Gasteiger partial charge in [-0.3, -0.25) is 9.78 Å². The molecule has 166 valence electrons. The van der Waals surface area contributed by atoms with E-state index in [9.17, 15) is 4.79 Å². The third-order valence-electron chi connectivity index (χ3n) is 5.60. The summed E-state index contributed by atoms with van der Waals surface area (Å²) in [6.07, 6.45) is 7.38. The van der Waals surface area contributed by atoms with Gasteiger partial charge < -0.3 is 22.1 Å². The second kappa shape index (κ2) is 9.59. The van der Waals surface area contributed by atoms with Gasteiger partial charge in [0.15, 0.2) is 5.96 Å². The number of nitrogens with two attached hydrogens (primary N) is 2. The van der Waals surface area contributed by atoms with E-state index in [1.807, 2.05) is 37.3 Å². The molecule has 1 saturated carbocycles. The Balaban J connectivity index is 1.63. The minimum absolute atomic E-state index is 0.0239. The highest BCUT2D eigenvalue weighted by Crippen LogP contribution is 2.28. The summed E-state index contributed by atoms with van der Waals surface area (Å²) in [7, 11) is 0. The first-order valence-electron chi connectivity index (χ1n) is 10.8. The van der Waals surface area contributed by atoms with E-state index < -0.39 is 0 Å². The number of nitrogens with zero attached hydrogens (tertiary/aromatic N) is 4. The quantitative estimate of drug-likeness (QED) is 0.345. The molecule has 2 unspecified atom stereocenters. The Bertz CT molecular complexity index is 1130. The zero-order valence-corrected chi connectivity index (χ0v) is 18.1. The predicted octanol–water partition coefficient (Wildman–Crippen LogP) is 2.26. The summed E-state index contributed by atoms with van der Waals surface area (Å²) >= 11 is 0. The van der Waals surface area contributed by atoms with Crippen LogP contribution in [-0.2, 0) is 6.54 Å². The van der Waals surface area contributed by atoms with Gasteiger partial charge in [0.05, 0.1) is 17.6 Å². The molecule has 1 fully saturated rings. The molecule has 1 aliphatic rings. The number of aryl methyl sites for hydroxylation is 1. The van der Waals surface area contributed by atoms with Crippen molar-refractivity contribution in [3.63, 3.8) is 0 Å². The van der Waals surface area contributed by atoms with Crippen molar-refractivity contribution in [3.8, 4) is 0 Å². The number of hydrogen-bond acceptors (Lipinski definition) is 6. The Morgan fingerprint density at radius 3 is 2.81 bits per heavy atom. The SMILES string of the molecule is Cc1ccc2nc(C(=O)NCc3cccnc3)nc(NC3CCCCC3N=C(N)N)c2c1. The standard InChI is InChI=1S/C23H28N8O/c1-14-8-9-17-16(11-14)20(29-18-6-2-3-7-19(18)30-23(24)25)31-21(28-17)22(32)27-13-15-5-4-10-26-12-15/h4-5,8-12,18-19H,2-3,6-7,13H2,1H3,(H,27,32)(H4,24,25,30)(H,28,29,31). The number of fused-ring (bicyclic) bond motifs is 1. The number of nitrogens with one attached hydrogen (secondary N) is 2. The van der Waals surface area contributed by atoms with Crippen LogP contribution in [0.4, 0.5) is 5.82 Å². The van der Waals surface area contributed by atoms with Crippen molar-refractivity contribution in [2.45, 2.75) is 51.2 Å². The van der Waals surface area contributed by atoms with Crippen LogP contribution in [0.2, 0.25) is 0 Å². The number of anilines is 1. The zero-order valence-electron chi connectivity index (χ0n) is 18.1. The molecule has 0 aliphatic heterocycles. The summed E-state index contributed by atoms with van der Waals surface area (Å²) in [6.45, 7) is 2.36. The summed E-state index contributed by atoms with van der Waals surface area (Å²) < 4.78 is 0. The molecule has 4 rings (SSSR count). The van der Waals surface area contributed by atoms with Gasteiger partial charge in [-0.1, -0.05) is 30.5 Å². The van der Waals surface area contributed by atoms with Gasteiger partial charge >= 0.3 is 0 Å². The fourth-order valence-electron chi connectivity index (χ4n) is 4.02. The monoisotopic (exact) mass is 432 g/mol. The number of guanidine groups is 1. The Labute approximate surface area is 186 Å². The Kier molecular flexibility index (Phi) is 6.44. The highest BCUT2D eigenvalue weighted by molar-refractivity contribution is 5.96. The molecule has 3 aromatic rings. The number of aliphatic imine (C=N–C) groups is 1. The highest BCUT2D eigenvalue weighted by atomic mass is 16.2. The predicted molar refractivity (Wildman–Crippen MR) is 125 cm³/mol. The lowest BCUT2D eigenvalue weighted by Crippen LogP contribution is -2.38. The third-order valence-corrected chi connectivity index (χ3v) is 5.60. The smallest absolute Gasteiger partial charge is 0.289 e. The van der Waals surface area contributed by atoms with Crippen molar-refractivity contribution < 1.29 is 4.79 Å². The van der Waals surface area contributed by atoms with Crippen molar-refractivity contribution in [2.24, 2.45) is 16.5 Å². The highest BCUT2D eigenvalue weighted by Gasteiger charge is 2.26. The van der Waals surface area contributed by atoms with Crippen LogP contribution in [-0.4, -0.2) is 38.9 Å². The molecule has 2 atom stereocenters. The first kappa shape index (κ1) is 21.5. The normalized spacial score (nSPS) is 18.2. The van der Waals surface area contributed by atoms with Crippen LogP contribution >= 0.6 is 0 Å². The van der Waals surface area contributed by atoms with Gasteiger partial charge in [-0.25, -0.2) is 15.0 Å². The zero-order chi connectivity index (χ0) is 22.5. The molecule has 9 nitrogen and oxygen atoms in total. The maximum Gasteiger partial charge on any atom is 0.289 e. The molecule has 2 heterocycles. The molecule has 1 aromatic carbocycles. The number of aromatic nitrogens is 3. The molecular formula is C23H28N8O.